The zero-order valence-electron chi connectivity index (χ0n) is 21.2. The van der Waals surface area contributed by atoms with E-state index in [-0.39, 0.29) is 0 Å². The normalized spacial score (nSPS) is 12.0. The number of benzene rings is 4. The van der Waals surface area contributed by atoms with Gasteiger partial charge in [-0.1, -0.05) is 84.9 Å². The van der Waals surface area contributed by atoms with Crippen molar-refractivity contribution in [3.8, 4) is 45.6 Å². The van der Waals surface area contributed by atoms with Gasteiger partial charge in [0.2, 0.25) is 0 Å². The maximum absolute atomic E-state index is 5.07. The van der Waals surface area contributed by atoms with Crippen molar-refractivity contribution in [2.24, 2.45) is 0 Å². The number of hydrogen-bond acceptors (Lipinski definition) is 6. The first-order valence-electron chi connectivity index (χ1n) is 13.1. The van der Waals surface area contributed by atoms with Crippen molar-refractivity contribution >= 4 is 66.7 Å². The second kappa shape index (κ2) is 8.48. The summed E-state index contributed by atoms with van der Waals surface area (Å²) in [5, 5.41) is 3.86. The number of hydrogen-bond donors (Lipinski definition) is 2. The number of nitrogens with one attached hydrogen (secondary N) is 2. The van der Waals surface area contributed by atoms with Crippen LogP contribution in [-0.2, 0) is 0 Å². The molecule has 8 bridgehead atoms. The van der Waals surface area contributed by atoms with Gasteiger partial charge in [-0.15, -0.1) is 0 Å². The van der Waals surface area contributed by atoms with Crippen LogP contribution in [0.5, 0.6) is 0 Å². The lowest BCUT2D eigenvalue weighted by molar-refractivity contribution is 1.19. The lowest BCUT2D eigenvalue weighted by Crippen LogP contribution is -1.83. The third kappa shape index (κ3) is 3.39. The monoisotopic (exact) mass is 640 g/mol. The Kier molecular flexibility index (Phi) is 4.71. The Morgan fingerprint density at radius 2 is 0.780 bits per heavy atom. The minimum absolute atomic E-state index is 0.597. The molecule has 192 valence electrons. The largest absolute Gasteiger partial charge is 0.324 e. The third-order valence-corrected chi connectivity index (χ3v) is 8.43. The lowest BCUT2D eigenvalue weighted by atomic mass is 10.1. The van der Waals surface area contributed by atoms with Crippen molar-refractivity contribution in [1.82, 2.24) is 39.9 Å². The number of halogens is 1. The first-order chi connectivity index (χ1) is 20.2. The fraction of sp³-hybridized carbons (Fsp3) is 0. The van der Waals surface area contributed by atoms with E-state index in [9.17, 15) is 0 Å². The zero-order chi connectivity index (χ0) is 27.1. The van der Waals surface area contributed by atoms with Crippen molar-refractivity contribution in [1.29, 1.82) is 0 Å². The zero-order valence-corrected chi connectivity index (χ0v) is 23.4. The SMILES string of the molecule is Ic1cccc2c3nc4nc(nc5[nH]c(nc6nc(nc([nH]3)c12)-c1ccccc1-6)c1ccccc51)-c1ccccc1-4. The van der Waals surface area contributed by atoms with Crippen LogP contribution in [0.3, 0.4) is 0 Å². The van der Waals surface area contributed by atoms with E-state index in [0.29, 0.717) is 45.9 Å². The summed E-state index contributed by atoms with van der Waals surface area (Å²) in [7, 11) is 0. The molecule has 0 spiro atoms. The Morgan fingerprint density at radius 3 is 1.29 bits per heavy atom. The number of H-pyrrole nitrogens is 2. The van der Waals surface area contributed by atoms with Crippen molar-refractivity contribution in [2.45, 2.75) is 0 Å². The molecule has 3 aromatic heterocycles. The predicted octanol–water partition coefficient (Wildman–Crippen LogP) is 7.47. The van der Waals surface area contributed by atoms with Gasteiger partial charge in [0, 0.05) is 47.4 Å². The van der Waals surface area contributed by atoms with Gasteiger partial charge in [-0.05, 0) is 28.7 Å². The molecule has 0 atom stereocenters. The van der Waals surface area contributed by atoms with E-state index in [1.54, 1.807) is 0 Å². The number of rotatable bonds is 0. The molecule has 9 rings (SSSR count). The first-order valence-corrected chi connectivity index (χ1v) is 14.2. The molecule has 2 aliphatic heterocycles. The second-order valence-corrected chi connectivity index (χ2v) is 11.1. The maximum atomic E-state index is 5.07. The Labute approximate surface area is 245 Å². The van der Waals surface area contributed by atoms with Crippen LogP contribution in [0.4, 0.5) is 0 Å². The summed E-state index contributed by atoms with van der Waals surface area (Å²) in [4.78, 5) is 37.0. The van der Waals surface area contributed by atoms with Gasteiger partial charge in [0.05, 0.1) is 0 Å². The lowest BCUT2D eigenvalue weighted by Gasteiger charge is -1.96. The minimum atomic E-state index is 0.597. The molecular formula is C32H17IN8. The van der Waals surface area contributed by atoms with E-state index < -0.39 is 0 Å². The van der Waals surface area contributed by atoms with Gasteiger partial charge < -0.3 is 9.97 Å². The highest BCUT2D eigenvalue weighted by Crippen LogP contribution is 2.37. The van der Waals surface area contributed by atoms with E-state index >= 15 is 0 Å². The van der Waals surface area contributed by atoms with Gasteiger partial charge in [0.1, 0.15) is 22.6 Å². The molecule has 5 heterocycles. The Morgan fingerprint density at radius 1 is 0.390 bits per heavy atom. The van der Waals surface area contributed by atoms with Gasteiger partial charge in [0.15, 0.2) is 23.3 Å². The number of nitrogens with zero attached hydrogens (tertiary/aromatic N) is 6. The average molecular weight is 640 g/mol. The van der Waals surface area contributed by atoms with E-state index in [0.717, 1.165) is 47.4 Å². The van der Waals surface area contributed by atoms with Crippen LogP contribution in [0, 0.1) is 3.57 Å². The summed E-state index contributed by atoms with van der Waals surface area (Å²) < 4.78 is 1.07. The summed E-state index contributed by atoms with van der Waals surface area (Å²) in [6.45, 7) is 0. The molecule has 2 aliphatic rings. The third-order valence-electron chi connectivity index (χ3n) is 7.53. The van der Waals surface area contributed by atoms with Crippen LogP contribution in [0.1, 0.15) is 0 Å². The highest BCUT2D eigenvalue weighted by atomic mass is 127. The van der Waals surface area contributed by atoms with Crippen LogP contribution in [0.15, 0.2) is 91.0 Å². The van der Waals surface area contributed by atoms with E-state index in [1.807, 2.05) is 78.9 Å². The average Bonchev–Trinajstić information content (AvgIpc) is 3.73. The molecule has 0 unspecified atom stereocenters. The van der Waals surface area contributed by atoms with Crippen molar-refractivity contribution in [3.05, 3.63) is 94.6 Å². The quantitative estimate of drug-likeness (QED) is 0.167. The summed E-state index contributed by atoms with van der Waals surface area (Å²) in [5.41, 5.74) is 6.46. The topological polar surface area (TPSA) is 109 Å². The fourth-order valence-electron chi connectivity index (χ4n) is 5.65. The van der Waals surface area contributed by atoms with Crippen LogP contribution in [0.25, 0.3) is 89.7 Å². The van der Waals surface area contributed by atoms with Crippen LogP contribution in [-0.4, -0.2) is 39.9 Å². The van der Waals surface area contributed by atoms with Crippen molar-refractivity contribution < 1.29 is 0 Å². The number of fused-ring (bicyclic) bond motifs is 20. The Balaban J connectivity index is 1.52. The van der Waals surface area contributed by atoms with E-state index in [2.05, 4.69) is 44.7 Å². The molecule has 7 aromatic rings. The molecule has 0 fully saturated rings. The Hall–Kier alpha value is -5.03. The highest BCUT2D eigenvalue weighted by molar-refractivity contribution is 14.1. The van der Waals surface area contributed by atoms with Crippen LogP contribution in [0.2, 0.25) is 0 Å². The second-order valence-electron chi connectivity index (χ2n) is 9.91. The molecule has 8 nitrogen and oxygen atoms in total. The molecule has 0 aliphatic carbocycles. The van der Waals surface area contributed by atoms with Crippen LogP contribution < -0.4 is 0 Å². The van der Waals surface area contributed by atoms with Crippen molar-refractivity contribution in [3.63, 3.8) is 0 Å². The molecule has 0 saturated heterocycles. The Bertz CT molecular complexity index is 2400. The van der Waals surface area contributed by atoms with Crippen molar-refractivity contribution in [2.75, 3.05) is 0 Å². The molecule has 2 N–H and O–H groups in total. The van der Waals surface area contributed by atoms with Crippen LogP contribution >= 0.6 is 22.6 Å². The standard InChI is InChI=1S/C32H17IN8/c33-23-15-7-14-22-24(23)32-40-30-21-13-6-5-12-20(21)28(38-30)36-26-17-9-2-1-8-16(17)25(34-26)35-27-18-10-3-4-11-19(18)29(37-27)39-31(22)41-32/h1-15H,(H2,34,35,36,37,38,39,40,41). The summed E-state index contributed by atoms with van der Waals surface area (Å²) in [6, 6.07) is 30.4. The van der Waals surface area contributed by atoms with Gasteiger partial charge >= 0.3 is 0 Å². The van der Waals surface area contributed by atoms with Gasteiger partial charge in [-0.25, -0.2) is 29.9 Å². The smallest absolute Gasteiger partial charge is 0.164 e. The fourth-order valence-corrected chi connectivity index (χ4v) is 6.40. The van der Waals surface area contributed by atoms with E-state index in [1.165, 1.54) is 0 Å². The maximum Gasteiger partial charge on any atom is 0.164 e. The van der Waals surface area contributed by atoms with Gasteiger partial charge in [-0.3, -0.25) is 0 Å². The van der Waals surface area contributed by atoms with E-state index in [4.69, 9.17) is 29.9 Å². The summed E-state index contributed by atoms with van der Waals surface area (Å²) in [5.74, 6) is 2.39. The molecule has 0 saturated carbocycles. The molecule has 0 amide bonds. The number of aromatic nitrogens is 8. The first kappa shape index (κ1) is 22.8. The predicted molar refractivity (Wildman–Crippen MR) is 169 cm³/mol. The molecule has 0 radical (unpaired) electrons. The number of aromatic amines is 2. The molecule has 9 heteroatoms. The molecular weight excluding hydrogens is 623 g/mol. The van der Waals surface area contributed by atoms with Gasteiger partial charge in [-0.2, -0.15) is 0 Å². The highest BCUT2D eigenvalue weighted by Gasteiger charge is 2.22. The van der Waals surface area contributed by atoms with Gasteiger partial charge in [0.25, 0.3) is 0 Å². The minimum Gasteiger partial charge on any atom is -0.324 e. The summed E-state index contributed by atoms with van der Waals surface area (Å²) in [6.07, 6.45) is 0. The molecule has 4 aromatic carbocycles. The molecule has 41 heavy (non-hydrogen) atoms. The summed E-state index contributed by atoms with van der Waals surface area (Å²) >= 11 is 2.35.